The van der Waals surface area contributed by atoms with Crippen molar-refractivity contribution in [2.45, 2.75) is 6.18 Å². The van der Waals surface area contributed by atoms with E-state index in [-0.39, 0.29) is 10.7 Å². The molecular formula is C11H6F4N4S. The van der Waals surface area contributed by atoms with Crippen LogP contribution in [0, 0.1) is 28.6 Å². The summed E-state index contributed by atoms with van der Waals surface area (Å²) < 4.78 is 51.6. The van der Waals surface area contributed by atoms with Crippen molar-refractivity contribution >= 4 is 22.6 Å². The minimum absolute atomic E-state index is 0.123. The highest BCUT2D eigenvalue weighted by Crippen LogP contribution is 2.36. The summed E-state index contributed by atoms with van der Waals surface area (Å²) in [6, 6.07) is 2.86. The molecule has 0 aromatic heterocycles. The fraction of sp³-hybridized carbons (Fsp3) is 0.182. The van der Waals surface area contributed by atoms with E-state index in [1.54, 1.807) is 6.07 Å². The van der Waals surface area contributed by atoms with Crippen molar-refractivity contribution in [2.75, 3.05) is 6.26 Å². The van der Waals surface area contributed by atoms with Crippen molar-refractivity contribution in [3.05, 3.63) is 29.1 Å². The predicted octanol–water partition coefficient (Wildman–Crippen LogP) is 3.14. The maximum absolute atomic E-state index is 13.9. The Kier molecular flexibility index (Phi) is 4.94. The standard InChI is InChI=1S/C11H6F4N4S/c1-20-10(18-5-17)19-9-6(4-16)2-3-7(8(9)12)11(13,14)15/h2-3H,1H3,(H,18,19). The molecule has 0 spiro atoms. The fourth-order valence-electron chi connectivity index (χ4n) is 1.26. The summed E-state index contributed by atoms with van der Waals surface area (Å²) in [5.41, 5.74) is -2.64. The van der Waals surface area contributed by atoms with Crippen LogP contribution >= 0.6 is 11.8 Å². The van der Waals surface area contributed by atoms with Gasteiger partial charge in [0.15, 0.2) is 17.2 Å². The number of benzene rings is 1. The van der Waals surface area contributed by atoms with Gasteiger partial charge in [-0.2, -0.15) is 23.7 Å². The minimum atomic E-state index is -4.90. The number of aliphatic imine (C=N–C) groups is 1. The van der Waals surface area contributed by atoms with E-state index in [9.17, 15) is 17.6 Å². The summed E-state index contributed by atoms with van der Waals surface area (Å²) in [4.78, 5) is 3.56. The number of halogens is 4. The summed E-state index contributed by atoms with van der Waals surface area (Å²) in [5.74, 6) is -1.65. The number of amidine groups is 1. The van der Waals surface area contributed by atoms with Crippen LogP contribution in [0.2, 0.25) is 0 Å². The van der Waals surface area contributed by atoms with Gasteiger partial charge in [0, 0.05) is 0 Å². The molecule has 0 heterocycles. The highest BCUT2D eigenvalue weighted by Gasteiger charge is 2.35. The minimum Gasteiger partial charge on any atom is -0.271 e. The third-order valence-corrected chi connectivity index (χ3v) is 2.69. The first-order valence-corrected chi connectivity index (χ1v) is 6.15. The number of nitrogens with zero attached hydrogens (tertiary/aromatic N) is 3. The fourth-order valence-corrected chi connectivity index (χ4v) is 1.59. The Balaban J connectivity index is 3.52. The largest absolute Gasteiger partial charge is 0.419 e. The monoisotopic (exact) mass is 302 g/mol. The Hall–Kier alpha value is -2.26. The number of hydrogen-bond donors (Lipinski definition) is 1. The lowest BCUT2D eigenvalue weighted by Crippen LogP contribution is -2.13. The third-order valence-electron chi connectivity index (χ3n) is 2.11. The normalized spacial score (nSPS) is 11.7. The first-order valence-electron chi connectivity index (χ1n) is 4.92. The van der Waals surface area contributed by atoms with Gasteiger partial charge in [0.2, 0.25) is 0 Å². The van der Waals surface area contributed by atoms with Gasteiger partial charge in [-0.15, -0.1) is 0 Å². The Morgan fingerprint density at radius 3 is 2.45 bits per heavy atom. The lowest BCUT2D eigenvalue weighted by atomic mass is 10.1. The topological polar surface area (TPSA) is 72.0 Å². The van der Waals surface area contributed by atoms with Gasteiger partial charge in [0.1, 0.15) is 11.8 Å². The molecule has 0 saturated carbocycles. The molecule has 0 aliphatic carbocycles. The lowest BCUT2D eigenvalue weighted by molar-refractivity contribution is -0.139. The highest BCUT2D eigenvalue weighted by atomic mass is 32.2. The number of alkyl halides is 3. The van der Waals surface area contributed by atoms with Crippen LogP contribution in [-0.2, 0) is 6.18 Å². The first-order chi connectivity index (χ1) is 9.35. The molecule has 0 aliphatic heterocycles. The van der Waals surface area contributed by atoms with E-state index in [2.05, 4.69) is 10.3 Å². The highest BCUT2D eigenvalue weighted by molar-refractivity contribution is 8.13. The molecule has 1 rings (SSSR count). The van der Waals surface area contributed by atoms with Gasteiger partial charge in [-0.3, -0.25) is 5.32 Å². The molecule has 0 radical (unpaired) electrons. The van der Waals surface area contributed by atoms with Crippen LogP contribution in [0.15, 0.2) is 17.1 Å². The van der Waals surface area contributed by atoms with Crippen molar-refractivity contribution in [2.24, 2.45) is 4.99 Å². The summed E-state index contributed by atoms with van der Waals surface area (Å²) in [7, 11) is 0. The zero-order chi connectivity index (χ0) is 15.3. The Morgan fingerprint density at radius 2 is 2.00 bits per heavy atom. The average Bonchev–Trinajstić information content (AvgIpc) is 2.38. The van der Waals surface area contributed by atoms with E-state index in [0.717, 1.165) is 17.8 Å². The van der Waals surface area contributed by atoms with Gasteiger partial charge in [0.05, 0.1) is 11.1 Å². The van der Waals surface area contributed by atoms with E-state index in [1.165, 1.54) is 12.4 Å². The number of thioether (sulfide) groups is 1. The lowest BCUT2D eigenvalue weighted by Gasteiger charge is -2.10. The maximum Gasteiger partial charge on any atom is 0.419 e. The van der Waals surface area contributed by atoms with Gasteiger partial charge >= 0.3 is 6.18 Å². The molecule has 1 aromatic carbocycles. The van der Waals surface area contributed by atoms with Gasteiger partial charge in [-0.05, 0) is 18.4 Å². The Morgan fingerprint density at radius 1 is 1.35 bits per heavy atom. The second kappa shape index (κ2) is 6.26. The number of nitrogens with one attached hydrogen (secondary N) is 1. The smallest absolute Gasteiger partial charge is 0.271 e. The first kappa shape index (κ1) is 15.8. The van der Waals surface area contributed by atoms with Crippen LogP contribution in [0.25, 0.3) is 0 Å². The van der Waals surface area contributed by atoms with Crippen LogP contribution in [0.3, 0.4) is 0 Å². The van der Waals surface area contributed by atoms with E-state index >= 15 is 0 Å². The van der Waals surface area contributed by atoms with Gasteiger partial charge < -0.3 is 0 Å². The molecule has 1 N–H and O–H groups in total. The maximum atomic E-state index is 13.9. The predicted molar refractivity (Wildman–Crippen MR) is 65.5 cm³/mol. The molecule has 0 aliphatic rings. The summed E-state index contributed by atoms with van der Waals surface area (Å²) in [6.45, 7) is 0. The Labute approximate surface area is 115 Å². The van der Waals surface area contributed by atoms with Crippen LogP contribution in [0.5, 0.6) is 0 Å². The van der Waals surface area contributed by atoms with Crippen LogP contribution in [-0.4, -0.2) is 11.4 Å². The molecule has 0 fully saturated rings. The number of rotatable bonds is 1. The van der Waals surface area contributed by atoms with Gasteiger partial charge in [-0.25, -0.2) is 9.38 Å². The van der Waals surface area contributed by atoms with Crippen LogP contribution in [0.4, 0.5) is 23.2 Å². The summed E-state index contributed by atoms with van der Waals surface area (Å²) in [6.07, 6.45) is -1.90. The van der Waals surface area contributed by atoms with Crippen molar-refractivity contribution in [3.63, 3.8) is 0 Å². The summed E-state index contributed by atoms with van der Waals surface area (Å²) >= 11 is 0.890. The number of nitriles is 2. The molecule has 104 valence electrons. The molecular weight excluding hydrogens is 296 g/mol. The molecule has 0 bridgehead atoms. The quantitative estimate of drug-likeness (QED) is 0.284. The zero-order valence-corrected chi connectivity index (χ0v) is 10.7. The third kappa shape index (κ3) is 3.39. The number of hydrogen-bond acceptors (Lipinski definition) is 4. The van der Waals surface area contributed by atoms with Crippen LogP contribution < -0.4 is 5.32 Å². The molecule has 9 heteroatoms. The molecule has 1 aromatic rings. The van der Waals surface area contributed by atoms with E-state index in [1.807, 2.05) is 0 Å². The van der Waals surface area contributed by atoms with Crippen molar-refractivity contribution in [1.82, 2.24) is 5.32 Å². The SMILES string of the molecule is CSC(=Nc1c(C#N)ccc(C(F)(F)F)c1F)NC#N. The van der Waals surface area contributed by atoms with E-state index < -0.39 is 23.2 Å². The summed E-state index contributed by atoms with van der Waals surface area (Å²) in [5, 5.41) is 19.2. The molecule has 0 unspecified atom stereocenters. The van der Waals surface area contributed by atoms with Crippen molar-refractivity contribution < 1.29 is 17.6 Å². The van der Waals surface area contributed by atoms with Crippen molar-refractivity contribution in [1.29, 1.82) is 10.5 Å². The molecule has 0 amide bonds. The van der Waals surface area contributed by atoms with E-state index in [0.29, 0.717) is 6.07 Å². The second-order valence-electron chi connectivity index (χ2n) is 3.29. The van der Waals surface area contributed by atoms with E-state index in [4.69, 9.17) is 10.5 Å². The van der Waals surface area contributed by atoms with Crippen LogP contribution in [0.1, 0.15) is 11.1 Å². The molecule has 4 nitrogen and oxygen atoms in total. The average molecular weight is 302 g/mol. The molecule has 20 heavy (non-hydrogen) atoms. The molecule has 0 atom stereocenters. The van der Waals surface area contributed by atoms with Crippen molar-refractivity contribution in [3.8, 4) is 12.3 Å². The Bertz CT molecular complexity index is 625. The second-order valence-corrected chi connectivity index (χ2v) is 4.09. The van der Waals surface area contributed by atoms with Gasteiger partial charge in [-0.1, -0.05) is 11.8 Å². The molecule has 0 saturated heterocycles. The van der Waals surface area contributed by atoms with Gasteiger partial charge in [0.25, 0.3) is 0 Å². The zero-order valence-electron chi connectivity index (χ0n) is 9.92.